The van der Waals surface area contributed by atoms with Crippen LogP contribution in [0.1, 0.15) is 33.1 Å². The SMILES string of the molecule is CCC(=O)OC1CCN(C(C)=O)CC1. The maximum Gasteiger partial charge on any atom is 0.305 e. The van der Waals surface area contributed by atoms with Gasteiger partial charge < -0.3 is 9.64 Å². The molecule has 0 atom stereocenters. The van der Waals surface area contributed by atoms with Crippen LogP contribution in [0.4, 0.5) is 0 Å². The Morgan fingerprint density at radius 3 is 2.36 bits per heavy atom. The number of nitrogens with zero attached hydrogens (tertiary/aromatic N) is 1. The summed E-state index contributed by atoms with van der Waals surface area (Å²) in [6.45, 7) is 4.76. The van der Waals surface area contributed by atoms with E-state index in [2.05, 4.69) is 0 Å². The van der Waals surface area contributed by atoms with Crippen molar-refractivity contribution in [3.05, 3.63) is 0 Å². The molecule has 0 unspecified atom stereocenters. The van der Waals surface area contributed by atoms with E-state index >= 15 is 0 Å². The zero-order chi connectivity index (χ0) is 10.6. The number of piperidine rings is 1. The molecule has 0 N–H and O–H groups in total. The van der Waals surface area contributed by atoms with Crippen molar-refractivity contribution < 1.29 is 14.3 Å². The molecule has 80 valence electrons. The third-order valence-electron chi connectivity index (χ3n) is 2.47. The Kier molecular flexibility index (Phi) is 3.92. The highest BCUT2D eigenvalue weighted by Crippen LogP contribution is 2.14. The molecule has 1 rings (SSSR count). The average Bonchev–Trinajstić information content (AvgIpc) is 2.18. The summed E-state index contributed by atoms with van der Waals surface area (Å²) in [4.78, 5) is 23.8. The molecule has 0 aromatic heterocycles. The minimum atomic E-state index is -0.147. The summed E-state index contributed by atoms with van der Waals surface area (Å²) in [7, 11) is 0. The number of amides is 1. The Hall–Kier alpha value is -1.06. The van der Waals surface area contributed by atoms with Crippen molar-refractivity contribution in [2.24, 2.45) is 0 Å². The Bertz CT molecular complexity index is 219. The van der Waals surface area contributed by atoms with Gasteiger partial charge in [0.2, 0.25) is 5.91 Å². The zero-order valence-electron chi connectivity index (χ0n) is 8.78. The summed E-state index contributed by atoms with van der Waals surface area (Å²) in [6, 6.07) is 0. The van der Waals surface area contributed by atoms with Crippen molar-refractivity contribution in [3.63, 3.8) is 0 Å². The zero-order valence-corrected chi connectivity index (χ0v) is 8.78. The van der Waals surface area contributed by atoms with Crippen LogP contribution in [0.25, 0.3) is 0 Å². The van der Waals surface area contributed by atoms with Crippen molar-refractivity contribution in [3.8, 4) is 0 Å². The maximum atomic E-state index is 11.0. The minimum Gasteiger partial charge on any atom is -0.462 e. The highest BCUT2D eigenvalue weighted by Gasteiger charge is 2.22. The van der Waals surface area contributed by atoms with Gasteiger partial charge in [-0.25, -0.2) is 0 Å². The molecule has 1 aliphatic heterocycles. The van der Waals surface area contributed by atoms with Gasteiger partial charge in [0, 0.05) is 39.3 Å². The molecule has 0 spiro atoms. The van der Waals surface area contributed by atoms with Crippen molar-refractivity contribution in [2.75, 3.05) is 13.1 Å². The van der Waals surface area contributed by atoms with Crippen molar-refractivity contribution >= 4 is 11.9 Å². The molecule has 1 aliphatic rings. The first kappa shape index (κ1) is 11.0. The fourth-order valence-electron chi connectivity index (χ4n) is 1.56. The van der Waals surface area contributed by atoms with E-state index in [1.807, 2.05) is 0 Å². The number of esters is 1. The van der Waals surface area contributed by atoms with Crippen LogP contribution in [-0.2, 0) is 14.3 Å². The standard InChI is InChI=1S/C10H17NO3/c1-3-10(13)14-9-4-6-11(7-5-9)8(2)12/h9H,3-7H2,1-2H3. The summed E-state index contributed by atoms with van der Waals surface area (Å²) in [5, 5.41) is 0. The Morgan fingerprint density at radius 2 is 1.93 bits per heavy atom. The highest BCUT2D eigenvalue weighted by atomic mass is 16.5. The summed E-state index contributed by atoms with van der Waals surface area (Å²) >= 11 is 0. The van der Waals surface area contributed by atoms with Crippen LogP contribution in [0.15, 0.2) is 0 Å². The second-order valence-corrected chi connectivity index (χ2v) is 3.55. The quantitative estimate of drug-likeness (QED) is 0.622. The van der Waals surface area contributed by atoms with Gasteiger partial charge in [-0.15, -0.1) is 0 Å². The molecule has 0 saturated carbocycles. The van der Waals surface area contributed by atoms with Crippen molar-refractivity contribution in [1.82, 2.24) is 4.90 Å². The lowest BCUT2D eigenvalue weighted by Gasteiger charge is -2.30. The van der Waals surface area contributed by atoms with Crippen LogP contribution in [0.5, 0.6) is 0 Å². The lowest BCUT2D eigenvalue weighted by molar-refractivity contribution is -0.151. The third-order valence-corrected chi connectivity index (χ3v) is 2.47. The third kappa shape index (κ3) is 3.01. The molecule has 1 amide bonds. The lowest BCUT2D eigenvalue weighted by Crippen LogP contribution is -2.40. The van der Waals surface area contributed by atoms with E-state index in [-0.39, 0.29) is 18.0 Å². The van der Waals surface area contributed by atoms with Gasteiger partial charge in [-0.05, 0) is 0 Å². The maximum absolute atomic E-state index is 11.0. The van der Waals surface area contributed by atoms with Gasteiger partial charge in [0.25, 0.3) is 0 Å². The van der Waals surface area contributed by atoms with E-state index in [1.54, 1.807) is 18.7 Å². The summed E-state index contributed by atoms with van der Waals surface area (Å²) in [5.41, 5.74) is 0. The number of carbonyl (C=O) groups excluding carboxylic acids is 2. The molecule has 0 aliphatic carbocycles. The Morgan fingerprint density at radius 1 is 1.36 bits per heavy atom. The van der Waals surface area contributed by atoms with E-state index in [0.717, 1.165) is 12.8 Å². The number of likely N-dealkylation sites (tertiary alicyclic amines) is 1. The predicted molar refractivity (Wildman–Crippen MR) is 51.7 cm³/mol. The summed E-state index contributed by atoms with van der Waals surface area (Å²) < 4.78 is 5.19. The largest absolute Gasteiger partial charge is 0.462 e. The van der Waals surface area contributed by atoms with Gasteiger partial charge in [0.05, 0.1) is 0 Å². The van der Waals surface area contributed by atoms with E-state index in [4.69, 9.17) is 4.74 Å². The molecule has 0 radical (unpaired) electrons. The molecular weight excluding hydrogens is 182 g/mol. The van der Waals surface area contributed by atoms with Crippen LogP contribution in [0.3, 0.4) is 0 Å². The molecule has 14 heavy (non-hydrogen) atoms. The molecule has 4 nitrogen and oxygen atoms in total. The second-order valence-electron chi connectivity index (χ2n) is 3.55. The van der Waals surface area contributed by atoms with Gasteiger partial charge in [0.15, 0.2) is 0 Å². The normalized spacial score (nSPS) is 18.0. The molecular formula is C10H17NO3. The smallest absolute Gasteiger partial charge is 0.305 e. The van der Waals surface area contributed by atoms with E-state index in [1.165, 1.54) is 0 Å². The fourth-order valence-corrected chi connectivity index (χ4v) is 1.56. The van der Waals surface area contributed by atoms with E-state index in [9.17, 15) is 9.59 Å². The molecule has 4 heteroatoms. The van der Waals surface area contributed by atoms with Crippen molar-refractivity contribution in [2.45, 2.75) is 39.2 Å². The van der Waals surface area contributed by atoms with Crippen LogP contribution in [-0.4, -0.2) is 36.0 Å². The Balaban J connectivity index is 2.29. The number of carbonyl (C=O) groups is 2. The van der Waals surface area contributed by atoms with Crippen LogP contribution < -0.4 is 0 Å². The fraction of sp³-hybridized carbons (Fsp3) is 0.800. The monoisotopic (exact) mass is 199 g/mol. The minimum absolute atomic E-state index is 0.0121. The van der Waals surface area contributed by atoms with Crippen LogP contribution in [0, 0.1) is 0 Å². The van der Waals surface area contributed by atoms with Gasteiger partial charge >= 0.3 is 5.97 Å². The number of ether oxygens (including phenoxy) is 1. The first-order valence-electron chi connectivity index (χ1n) is 5.08. The molecule has 0 aromatic carbocycles. The van der Waals surface area contributed by atoms with E-state index in [0.29, 0.717) is 19.5 Å². The molecule has 0 aromatic rings. The number of rotatable bonds is 2. The summed E-state index contributed by atoms with van der Waals surface area (Å²) in [5.74, 6) is -0.0449. The van der Waals surface area contributed by atoms with Crippen LogP contribution in [0.2, 0.25) is 0 Å². The number of hydrogen-bond acceptors (Lipinski definition) is 3. The lowest BCUT2D eigenvalue weighted by atomic mass is 10.1. The topological polar surface area (TPSA) is 46.6 Å². The highest BCUT2D eigenvalue weighted by molar-refractivity contribution is 5.73. The second kappa shape index (κ2) is 4.98. The molecule has 0 bridgehead atoms. The molecule has 1 heterocycles. The molecule has 1 saturated heterocycles. The van der Waals surface area contributed by atoms with Gasteiger partial charge in [-0.2, -0.15) is 0 Å². The van der Waals surface area contributed by atoms with Crippen LogP contribution >= 0.6 is 0 Å². The predicted octanol–water partition coefficient (Wildman–Crippen LogP) is 0.951. The van der Waals surface area contributed by atoms with E-state index < -0.39 is 0 Å². The number of hydrogen-bond donors (Lipinski definition) is 0. The molecule has 1 fully saturated rings. The van der Waals surface area contributed by atoms with Gasteiger partial charge in [0.1, 0.15) is 6.10 Å². The first-order chi connectivity index (χ1) is 6.63. The Labute approximate surface area is 84.2 Å². The first-order valence-corrected chi connectivity index (χ1v) is 5.08. The summed E-state index contributed by atoms with van der Waals surface area (Å²) in [6.07, 6.45) is 1.97. The average molecular weight is 199 g/mol. The van der Waals surface area contributed by atoms with Gasteiger partial charge in [-0.3, -0.25) is 9.59 Å². The van der Waals surface area contributed by atoms with Gasteiger partial charge in [-0.1, -0.05) is 6.92 Å². The van der Waals surface area contributed by atoms with Crippen molar-refractivity contribution in [1.29, 1.82) is 0 Å².